The number of nitrogens with one attached hydrogen (secondary N) is 1. The molecule has 0 aliphatic rings. The molecule has 0 saturated carbocycles. The molecule has 8 heteroatoms. The van der Waals surface area contributed by atoms with Gasteiger partial charge in [0.2, 0.25) is 5.91 Å². The summed E-state index contributed by atoms with van der Waals surface area (Å²) >= 11 is 0. The third-order valence-electron chi connectivity index (χ3n) is 2.87. The summed E-state index contributed by atoms with van der Waals surface area (Å²) in [5, 5.41) is 6.48. The lowest BCUT2D eigenvalue weighted by Crippen LogP contribution is -2.42. The first-order valence-electron chi connectivity index (χ1n) is 6.50. The molecule has 1 atom stereocenters. The molecule has 1 amide bonds. The van der Waals surface area contributed by atoms with Gasteiger partial charge < -0.3 is 14.5 Å². The number of hydrogen-bond acceptors (Lipinski definition) is 6. The summed E-state index contributed by atoms with van der Waals surface area (Å²) < 4.78 is 10.7. The molecule has 2 heterocycles. The Bertz CT molecular complexity index is 720. The smallest absolute Gasteiger partial charge is 0.328 e. The van der Waals surface area contributed by atoms with Crippen LogP contribution in [-0.2, 0) is 20.9 Å². The van der Waals surface area contributed by atoms with Gasteiger partial charge in [0, 0.05) is 6.07 Å². The summed E-state index contributed by atoms with van der Waals surface area (Å²) in [6.07, 6.45) is 1.48. The average molecular weight is 305 g/mol. The number of hydrogen-bond donors (Lipinski definition) is 1. The lowest BCUT2D eigenvalue weighted by Gasteiger charge is -2.12. The highest BCUT2D eigenvalue weighted by molar-refractivity contribution is 5.83. The summed E-state index contributed by atoms with van der Waals surface area (Å²) in [7, 11) is 1.23. The second kappa shape index (κ2) is 6.70. The molecule has 0 radical (unpaired) electrons. The van der Waals surface area contributed by atoms with Crippen molar-refractivity contribution in [3.05, 3.63) is 40.9 Å². The number of ether oxygens (including phenoxy) is 1. The molecule has 2 aromatic rings. The molecule has 8 nitrogen and oxygen atoms in total. The van der Waals surface area contributed by atoms with Gasteiger partial charge in [-0.3, -0.25) is 9.59 Å². The van der Waals surface area contributed by atoms with E-state index in [1.165, 1.54) is 32.4 Å². The SMILES string of the molecule is COC(=O)C(C)NC(=O)Cn1nc(-c2ccco2)ccc1=O. The number of furan rings is 1. The van der Waals surface area contributed by atoms with Gasteiger partial charge in [-0.15, -0.1) is 0 Å². The van der Waals surface area contributed by atoms with Crippen molar-refractivity contribution in [2.75, 3.05) is 7.11 Å². The first kappa shape index (κ1) is 15.5. The predicted octanol–water partition coefficient (Wildman–Crippen LogP) is 0.181. The number of carbonyl (C=O) groups is 2. The van der Waals surface area contributed by atoms with Gasteiger partial charge in [0.25, 0.3) is 5.56 Å². The Morgan fingerprint density at radius 1 is 1.41 bits per heavy atom. The monoisotopic (exact) mass is 305 g/mol. The zero-order chi connectivity index (χ0) is 16.1. The number of carbonyl (C=O) groups excluding carboxylic acids is 2. The van der Waals surface area contributed by atoms with E-state index in [0.29, 0.717) is 11.5 Å². The Balaban J connectivity index is 2.12. The number of esters is 1. The van der Waals surface area contributed by atoms with Gasteiger partial charge in [-0.05, 0) is 25.1 Å². The van der Waals surface area contributed by atoms with E-state index in [9.17, 15) is 14.4 Å². The third kappa shape index (κ3) is 3.60. The normalized spacial score (nSPS) is 11.7. The lowest BCUT2D eigenvalue weighted by atomic mass is 10.3. The van der Waals surface area contributed by atoms with Crippen LogP contribution in [0.15, 0.2) is 39.7 Å². The van der Waals surface area contributed by atoms with Crippen molar-refractivity contribution in [3.63, 3.8) is 0 Å². The first-order valence-corrected chi connectivity index (χ1v) is 6.50. The third-order valence-corrected chi connectivity index (χ3v) is 2.87. The quantitative estimate of drug-likeness (QED) is 0.790. The number of methoxy groups -OCH3 is 1. The summed E-state index contributed by atoms with van der Waals surface area (Å²) in [4.78, 5) is 34.8. The molecule has 22 heavy (non-hydrogen) atoms. The van der Waals surface area contributed by atoms with E-state index in [2.05, 4.69) is 15.2 Å². The van der Waals surface area contributed by atoms with Gasteiger partial charge >= 0.3 is 5.97 Å². The summed E-state index contributed by atoms with van der Waals surface area (Å²) in [6, 6.07) is 5.38. The van der Waals surface area contributed by atoms with Crippen molar-refractivity contribution >= 4 is 11.9 Å². The maximum atomic E-state index is 11.9. The van der Waals surface area contributed by atoms with Crippen LogP contribution < -0.4 is 10.9 Å². The highest BCUT2D eigenvalue weighted by Crippen LogP contribution is 2.14. The Morgan fingerprint density at radius 2 is 2.18 bits per heavy atom. The van der Waals surface area contributed by atoms with E-state index in [-0.39, 0.29) is 6.54 Å². The van der Waals surface area contributed by atoms with Crippen molar-refractivity contribution in [1.29, 1.82) is 0 Å². The zero-order valence-corrected chi connectivity index (χ0v) is 12.1. The highest BCUT2D eigenvalue weighted by atomic mass is 16.5. The molecule has 0 fully saturated rings. The number of nitrogens with zero attached hydrogens (tertiary/aromatic N) is 2. The van der Waals surface area contributed by atoms with Crippen LogP contribution in [0.4, 0.5) is 0 Å². The van der Waals surface area contributed by atoms with E-state index >= 15 is 0 Å². The van der Waals surface area contributed by atoms with Crippen LogP contribution in [0.2, 0.25) is 0 Å². The minimum absolute atomic E-state index is 0.311. The van der Waals surface area contributed by atoms with E-state index in [1.807, 2.05) is 0 Å². The van der Waals surface area contributed by atoms with Crippen LogP contribution in [-0.4, -0.2) is 34.8 Å². The highest BCUT2D eigenvalue weighted by Gasteiger charge is 2.17. The van der Waals surface area contributed by atoms with Gasteiger partial charge in [-0.2, -0.15) is 5.10 Å². The molecule has 0 saturated heterocycles. The first-order chi connectivity index (χ1) is 10.5. The van der Waals surface area contributed by atoms with Crippen LogP contribution in [0.3, 0.4) is 0 Å². The largest absolute Gasteiger partial charge is 0.467 e. The molecule has 1 unspecified atom stereocenters. The molecule has 0 aromatic carbocycles. The van der Waals surface area contributed by atoms with Gasteiger partial charge in [0.05, 0.1) is 13.4 Å². The van der Waals surface area contributed by atoms with Crippen LogP contribution in [0, 0.1) is 0 Å². The van der Waals surface area contributed by atoms with Gasteiger partial charge in [0.15, 0.2) is 5.76 Å². The second-order valence-electron chi connectivity index (χ2n) is 4.50. The van der Waals surface area contributed by atoms with Gasteiger partial charge in [-0.1, -0.05) is 0 Å². The number of rotatable bonds is 5. The minimum Gasteiger partial charge on any atom is -0.467 e. The van der Waals surface area contributed by atoms with Crippen LogP contribution in [0.25, 0.3) is 11.5 Å². The molecule has 2 aromatic heterocycles. The van der Waals surface area contributed by atoms with Crippen LogP contribution in [0.1, 0.15) is 6.92 Å². The van der Waals surface area contributed by atoms with Crippen LogP contribution in [0.5, 0.6) is 0 Å². The number of amides is 1. The molecule has 116 valence electrons. The summed E-state index contributed by atoms with van der Waals surface area (Å²) in [5.74, 6) is -0.612. The van der Waals surface area contributed by atoms with Crippen molar-refractivity contribution in [2.45, 2.75) is 19.5 Å². The molecule has 0 aliphatic heterocycles. The maximum Gasteiger partial charge on any atom is 0.328 e. The average Bonchev–Trinajstić information content (AvgIpc) is 3.02. The Hall–Kier alpha value is -2.90. The standard InChI is InChI=1S/C14H15N3O5/c1-9(14(20)21-2)15-12(18)8-17-13(19)6-5-10(16-17)11-4-3-7-22-11/h3-7,9H,8H2,1-2H3,(H,15,18). The van der Waals surface area contributed by atoms with Crippen molar-refractivity contribution in [3.8, 4) is 11.5 Å². The molecular formula is C14H15N3O5. The molecule has 1 N–H and O–H groups in total. The fourth-order valence-electron chi connectivity index (χ4n) is 1.78. The van der Waals surface area contributed by atoms with Gasteiger partial charge in [0.1, 0.15) is 18.3 Å². The summed E-state index contributed by atoms with van der Waals surface area (Å²) in [5.41, 5.74) is -0.00501. The second-order valence-corrected chi connectivity index (χ2v) is 4.50. The fourth-order valence-corrected chi connectivity index (χ4v) is 1.78. The maximum absolute atomic E-state index is 11.9. The predicted molar refractivity (Wildman–Crippen MR) is 75.8 cm³/mol. The van der Waals surface area contributed by atoms with E-state index < -0.39 is 23.5 Å². The molecule has 0 spiro atoms. The van der Waals surface area contributed by atoms with Crippen molar-refractivity contribution in [2.24, 2.45) is 0 Å². The topological polar surface area (TPSA) is 103 Å². The lowest BCUT2D eigenvalue weighted by molar-refractivity contribution is -0.144. The Morgan fingerprint density at radius 3 is 2.82 bits per heavy atom. The number of aromatic nitrogens is 2. The molecule has 0 aliphatic carbocycles. The van der Waals surface area contributed by atoms with E-state index in [4.69, 9.17) is 4.42 Å². The van der Waals surface area contributed by atoms with Crippen molar-refractivity contribution in [1.82, 2.24) is 15.1 Å². The molecule has 0 bridgehead atoms. The van der Waals surface area contributed by atoms with Crippen LogP contribution >= 0.6 is 0 Å². The Labute approximate surface area is 125 Å². The Kier molecular flexibility index (Phi) is 4.72. The van der Waals surface area contributed by atoms with Gasteiger partial charge in [-0.25, -0.2) is 9.48 Å². The molecular weight excluding hydrogens is 290 g/mol. The zero-order valence-electron chi connectivity index (χ0n) is 12.1. The minimum atomic E-state index is -0.804. The summed E-state index contributed by atoms with van der Waals surface area (Å²) in [6.45, 7) is 1.17. The van der Waals surface area contributed by atoms with E-state index in [0.717, 1.165) is 4.68 Å². The molecule has 2 rings (SSSR count). The fraction of sp³-hybridized carbons (Fsp3) is 0.286. The van der Waals surface area contributed by atoms with Crippen molar-refractivity contribution < 1.29 is 18.7 Å². The van der Waals surface area contributed by atoms with E-state index in [1.54, 1.807) is 12.1 Å².